The second kappa shape index (κ2) is 12.5. The van der Waals surface area contributed by atoms with E-state index in [-0.39, 0.29) is 17.4 Å². The highest BCUT2D eigenvalue weighted by Gasteiger charge is 2.29. The van der Waals surface area contributed by atoms with Crippen molar-refractivity contribution in [2.75, 3.05) is 73.0 Å². The summed E-state index contributed by atoms with van der Waals surface area (Å²) in [5, 5.41) is 6.41. The normalized spacial score (nSPS) is 17.6. The van der Waals surface area contributed by atoms with Crippen LogP contribution in [0.4, 0.5) is 5.69 Å². The molecule has 0 radical (unpaired) electrons. The number of benzene rings is 1. The van der Waals surface area contributed by atoms with Crippen molar-refractivity contribution in [2.45, 2.75) is 32.2 Å². The van der Waals surface area contributed by atoms with Crippen molar-refractivity contribution in [3.8, 4) is 28.4 Å². The standard InChI is InChI=1S/C29H40N4O5/c1-19(34)31-23-9-7-20-17-26(36-3)28(37-4)29(38-5)27(20)21-8-10-24(25(35)18-22(21)23)30-11-6-12-33-15-13-32(2)14-16-33/h8,10,17-18,23H,6-7,9,11-16H2,1-5H3,(H,30,35)(H,31,34)/t23-/m1/s1. The van der Waals surface area contributed by atoms with Crippen molar-refractivity contribution >= 4 is 11.6 Å². The SMILES string of the molecule is COc1cc2c(c(OC)c1OC)-c1ccc(NCCCN3CCN(C)CC3)c(=O)cc1[C@H](NC(C)=O)CC2. The molecule has 1 aliphatic heterocycles. The first-order valence-electron chi connectivity index (χ1n) is 13.3. The van der Waals surface area contributed by atoms with Crippen molar-refractivity contribution in [2.24, 2.45) is 0 Å². The summed E-state index contributed by atoms with van der Waals surface area (Å²) < 4.78 is 17.1. The molecule has 1 aliphatic carbocycles. The number of carbonyl (C=O) groups excluding carboxylic acids is 1. The zero-order valence-corrected chi connectivity index (χ0v) is 23.2. The first kappa shape index (κ1) is 27.7. The Hall–Kier alpha value is -3.30. The van der Waals surface area contributed by atoms with Crippen LogP contribution in [0.5, 0.6) is 17.2 Å². The van der Waals surface area contributed by atoms with Gasteiger partial charge >= 0.3 is 0 Å². The molecule has 1 heterocycles. The second-order valence-corrected chi connectivity index (χ2v) is 10.0. The Morgan fingerprint density at radius 3 is 2.42 bits per heavy atom. The lowest BCUT2D eigenvalue weighted by atomic mass is 9.95. The molecule has 2 aliphatic rings. The summed E-state index contributed by atoms with van der Waals surface area (Å²) in [6, 6.07) is 7.09. The molecular formula is C29H40N4O5. The predicted molar refractivity (Wildman–Crippen MR) is 150 cm³/mol. The predicted octanol–water partition coefficient (Wildman–Crippen LogP) is 2.91. The first-order valence-corrected chi connectivity index (χ1v) is 13.3. The molecule has 0 saturated carbocycles. The molecule has 0 aromatic heterocycles. The van der Waals surface area contributed by atoms with Gasteiger partial charge in [-0.1, -0.05) is 6.07 Å². The van der Waals surface area contributed by atoms with Gasteiger partial charge in [-0.05, 0) is 67.7 Å². The molecule has 1 atom stereocenters. The van der Waals surface area contributed by atoms with Crippen LogP contribution >= 0.6 is 0 Å². The summed E-state index contributed by atoms with van der Waals surface area (Å²) in [6.45, 7) is 7.55. The van der Waals surface area contributed by atoms with E-state index in [2.05, 4.69) is 27.5 Å². The number of hydrogen-bond donors (Lipinski definition) is 2. The van der Waals surface area contributed by atoms with E-state index in [1.165, 1.54) is 6.92 Å². The van der Waals surface area contributed by atoms with Gasteiger partial charge in [0.05, 0.1) is 33.1 Å². The van der Waals surface area contributed by atoms with Crippen LogP contribution in [0, 0.1) is 0 Å². The van der Waals surface area contributed by atoms with Gasteiger partial charge in [0.25, 0.3) is 0 Å². The number of carbonyl (C=O) groups is 1. The van der Waals surface area contributed by atoms with Crippen LogP contribution < -0.4 is 30.3 Å². The molecule has 2 N–H and O–H groups in total. The number of aryl methyl sites for hydroxylation is 1. The molecule has 1 fully saturated rings. The van der Waals surface area contributed by atoms with E-state index in [0.717, 1.165) is 61.4 Å². The number of nitrogens with one attached hydrogen (secondary N) is 2. The van der Waals surface area contributed by atoms with E-state index in [1.54, 1.807) is 27.4 Å². The van der Waals surface area contributed by atoms with Crippen molar-refractivity contribution in [1.82, 2.24) is 15.1 Å². The average molecular weight is 525 g/mol. The lowest BCUT2D eigenvalue weighted by Crippen LogP contribution is -2.44. The lowest BCUT2D eigenvalue weighted by molar-refractivity contribution is -0.119. The van der Waals surface area contributed by atoms with E-state index < -0.39 is 0 Å². The Kier molecular flexibility index (Phi) is 9.12. The molecule has 1 saturated heterocycles. The van der Waals surface area contributed by atoms with Crippen LogP contribution in [0.15, 0.2) is 29.1 Å². The van der Waals surface area contributed by atoms with E-state index in [1.807, 2.05) is 18.2 Å². The minimum absolute atomic E-state index is 0.107. The molecule has 2 aromatic carbocycles. The molecule has 1 amide bonds. The Morgan fingerprint density at radius 2 is 1.76 bits per heavy atom. The van der Waals surface area contributed by atoms with E-state index in [0.29, 0.717) is 42.3 Å². The average Bonchev–Trinajstić information content (AvgIpc) is 3.15. The molecule has 38 heavy (non-hydrogen) atoms. The number of hydrogen-bond acceptors (Lipinski definition) is 8. The van der Waals surface area contributed by atoms with Gasteiger partial charge in [-0.25, -0.2) is 0 Å². The quantitative estimate of drug-likeness (QED) is 0.484. The Bertz CT molecular complexity index is 1210. The smallest absolute Gasteiger partial charge is 0.217 e. The molecule has 0 bridgehead atoms. The monoisotopic (exact) mass is 524 g/mol. The van der Waals surface area contributed by atoms with Gasteiger partial charge in [-0.15, -0.1) is 0 Å². The molecular weight excluding hydrogens is 484 g/mol. The van der Waals surface area contributed by atoms with Gasteiger partial charge in [0.2, 0.25) is 17.1 Å². The van der Waals surface area contributed by atoms with Gasteiger partial charge in [0, 0.05) is 45.2 Å². The molecule has 206 valence electrons. The highest BCUT2D eigenvalue weighted by atomic mass is 16.5. The summed E-state index contributed by atoms with van der Waals surface area (Å²) >= 11 is 0. The number of likely N-dealkylation sites (N-methyl/N-ethyl adjacent to an activating group) is 1. The van der Waals surface area contributed by atoms with Crippen molar-refractivity contribution in [3.63, 3.8) is 0 Å². The maximum atomic E-state index is 13.4. The fourth-order valence-electron chi connectivity index (χ4n) is 5.45. The summed E-state index contributed by atoms with van der Waals surface area (Å²) in [6.07, 6.45) is 2.25. The number of methoxy groups -OCH3 is 3. The zero-order valence-electron chi connectivity index (χ0n) is 23.2. The van der Waals surface area contributed by atoms with Gasteiger partial charge < -0.3 is 34.6 Å². The maximum absolute atomic E-state index is 13.4. The van der Waals surface area contributed by atoms with Gasteiger partial charge in [-0.3, -0.25) is 9.59 Å². The number of fused-ring (bicyclic) bond motifs is 3. The fourth-order valence-corrected chi connectivity index (χ4v) is 5.45. The van der Waals surface area contributed by atoms with Crippen LogP contribution in [0.3, 0.4) is 0 Å². The summed E-state index contributed by atoms with van der Waals surface area (Å²) in [5.41, 5.74) is 3.89. The number of nitrogens with zero attached hydrogens (tertiary/aromatic N) is 2. The minimum atomic E-state index is -0.318. The first-order chi connectivity index (χ1) is 18.4. The van der Waals surface area contributed by atoms with Crippen LogP contribution in [-0.2, 0) is 11.2 Å². The number of ether oxygens (including phenoxy) is 3. The molecule has 9 nitrogen and oxygen atoms in total. The molecule has 0 unspecified atom stereocenters. The van der Waals surface area contributed by atoms with Gasteiger partial charge in [0.15, 0.2) is 11.5 Å². The largest absolute Gasteiger partial charge is 0.493 e. The maximum Gasteiger partial charge on any atom is 0.217 e. The van der Waals surface area contributed by atoms with Crippen LogP contribution in [-0.4, -0.2) is 83.4 Å². The van der Waals surface area contributed by atoms with Crippen molar-refractivity contribution < 1.29 is 19.0 Å². The third-order valence-electron chi connectivity index (χ3n) is 7.48. The minimum Gasteiger partial charge on any atom is -0.493 e. The van der Waals surface area contributed by atoms with Crippen molar-refractivity contribution in [3.05, 3.63) is 45.6 Å². The number of rotatable bonds is 9. The van der Waals surface area contributed by atoms with Gasteiger partial charge in [-0.2, -0.15) is 0 Å². The Balaban J connectivity index is 1.69. The van der Waals surface area contributed by atoms with Gasteiger partial charge in [0.1, 0.15) is 0 Å². The fraction of sp³-hybridized carbons (Fsp3) is 0.517. The van der Waals surface area contributed by atoms with Crippen LogP contribution in [0.2, 0.25) is 0 Å². The van der Waals surface area contributed by atoms with E-state index >= 15 is 0 Å². The Morgan fingerprint density at radius 1 is 1.03 bits per heavy atom. The summed E-state index contributed by atoms with van der Waals surface area (Å²) in [4.78, 5) is 30.3. The lowest BCUT2D eigenvalue weighted by Gasteiger charge is -2.32. The summed E-state index contributed by atoms with van der Waals surface area (Å²) in [5.74, 6) is 1.48. The highest BCUT2D eigenvalue weighted by Crippen LogP contribution is 2.50. The van der Waals surface area contributed by atoms with Crippen LogP contribution in [0.1, 0.15) is 36.9 Å². The van der Waals surface area contributed by atoms with E-state index in [9.17, 15) is 9.59 Å². The Labute approximate surface area is 225 Å². The zero-order chi connectivity index (χ0) is 27.2. The topological polar surface area (TPSA) is 92.4 Å². The highest BCUT2D eigenvalue weighted by molar-refractivity contribution is 5.83. The second-order valence-electron chi connectivity index (χ2n) is 10.0. The van der Waals surface area contributed by atoms with E-state index in [4.69, 9.17) is 14.2 Å². The number of amides is 1. The third kappa shape index (κ3) is 6.05. The third-order valence-corrected chi connectivity index (χ3v) is 7.48. The number of piperazine rings is 1. The number of anilines is 1. The summed E-state index contributed by atoms with van der Waals surface area (Å²) in [7, 11) is 6.93. The van der Waals surface area contributed by atoms with Crippen molar-refractivity contribution in [1.29, 1.82) is 0 Å². The molecule has 9 heteroatoms. The molecule has 2 aromatic rings. The van der Waals surface area contributed by atoms with Crippen LogP contribution in [0.25, 0.3) is 11.1 Å². The molecule has 0 spiro atoms. The molecule has 4 rings (SSSR count).